The highest BCUT2D eigenvalue weighted by atomic mass is 35.5. The second kappa shape index (κ2) is 14.4. The van der Waals surface area contributed by atoms with Gasteiger partial charge in [0.05, 0.1) is 11.9 Å². The monoisotopic (exact) mass is 595 g/mol. The molecule has 2 aromatic carbocycles. The maximum absolute atomic E-state index is 13.7. The summed E-state index contributed by atoms with van der Waals surface area (Å²) in [4.78, 5) is 28.6. The van der Waals surface area contributed by atoms with Gasteiger partial charge in [-0.3, -0.25) is 13.9 Å². The number of hydrogen-bond donors (Lipinski definition) is 1. The Morgan fingerprint density at radius 3 is 2.38 bits per heavy atom. The number of sulfonamides is 1. The third-order valence-corrected chi connectivity index (χ3v) is 9.00. The molecule has 2 aromatic rings. The molecule has 1 fully saturated rings. The van der Waals surface area contributed by atoms with Gasteiger partial charge in [-0.15, -0.1) is 0 Å². The van der Waals surface area contributed by atoms with Crippen molar-refractivity contribution in [1.29, 1.82) is 0 Å². The fraction of sp³-hybridized carbons (Fsp3) is 0.517. The van der Waals surface area contributed by atoms with Gasteiger partial charge in [-0.1, -0.05) is 73.7 Å². The number of anilines is 1. The van der Waals surface area contributed by atoms with E-state index in [-0.39, 0.29) is 37.4 Å². The van der Waals surface area contributed by atoms with Gasteiger partial charge < -0.3 is 10.2 Å². The summed E-state index contributed by atoms with van der Waals surface area (Å²) in [6.45, 7) is 4.04. The molecule has 10 heteroatoms. The number of nitrogens with zero attached hydrogens (tertiary/aromatic N) is 2. The molecule has 1 aliphatic carbocycles. The number of amides is 2. The molecule has 1 saturated carbocycles. The van der Waals surface area contributed by atoms with Crippen LogP contribution in [0, 0.1) is 6.92 Å². The average Bonchev–Trinajstić information content (AvgIpc) is 2.88. The molecule has 0 spiro atoms. The van der Waals surface area contributed by atoms with Crippen LogP contribution in [0.25, 0.3) is 0 Å². The molecule has 1 N–H and O–H groups in total. The smallest absolute Gasteiger partial charge is 0.243 e. The highest BCUT2D eigenvalue weighted by Gasteiger charge is 2.31. The molecular weight excluding hydrogens is 557 g/mol. The maximum atomic E-state index is 13.7. The van der Waals surface area contributed by atoms with Crippen molar-refractivity contribution in [3.63, 3.8) is 0 Å². The lowest BCUT2D eigenvalue weighted by Crippen LogP contribution is -2.51. The van der Waals surface area contributed by atoms with E-state index in [0.717, 1.165) is 31.2 Å². The van der Waals surface area contributed by atoms with Gasteiger partial charge in [0.2, 0.25) is 21.8 Å². The van der Waals surface area contributed by atoms with E-state index >= 15 is 0 Å². The Morgan fingerprint density at radius 2 is 1.77 bits per heavy atom. The minimum absolute atomic E-state index is 0.0797. The van der Waals surface area contributed by atoms with E-state index in [1.54, 1.807) is 35.2 Å². The van der Waals surface area contributed by atoms with E-state index in [1.807, 2.05) is 26.0 Å². The zero-order valence-corrected chi connectivity index (χ0v) is 25.3. The minimum Gasteiger partial charge on any atom is -0.352 e. The Kier molecular flexibility index (Phi) is 11.5. The maximum Gasteiger partial charge on any atom is 0.243 e. The molecule has 1 aliphatic rings. The normalized spacial score (nSPS) is 15.0. The molecule has 3 rings (SSSR count). The highest BCUT2D eigenvalue weighted by molar-refractivity contribution is 7.92. The largest absolute Gasteiger partial charge is 0.352 e. The number of hydrogen-bond acceptors (Lipinski definition) is 4. The van der Waals surface area contributed by atoms with Crippen molar-refractivity contribution < 1.29 is 18.0 Å². The molecule has 0 aliphatic heterocycles. The van der Waals surface area contributed by atoms with E-state index < -0.39 is 16.1 Å². The fourth-order valence-corrected chi connectivity index (χ4v) is 6.61. The predicted octanol–water partition coefficient (Wildman–Crippen LogP) is 6.10. The van der Waals surface area contributed by atoms with E-state index in [2.05, 4.69) is 5.32 Å². The summed E-state index contributed by atoms with van der Waals surface area (Å²) in [5.74, 6) is -0.398. The predicted molar refractivity (Wildman–Crippen MR) is 159 cm³/mol. The summed E-state index contributed by atoms with van der Waals surface area (Å²) in [6, 6.07) is 11.8. The molecule has 2 amide bonds. The quantitative estimate of drug-likeness (QED) is 0.321. The average molecular weight is 597 g/mol. The lowest BCUT2D eigenvalue weighted by atomic mass is 9.95. The number of benzene rings is 2. The lowest BCUT2D eigenvalue weighted by molar-refractivity contribution is -0.141. The Balaban J connectivity index is 1.79. The van der Waals surface area contributed by atoms with E-state index in [9.17, 15) is 18.0 Å². The molecule has 0 saturated heterocycles. The van der Waals surface area contributed by atoms with Crippen LogP contribution in [0.5, 0.6) is 0 Å². The van der Waals surface area contributed by atoms with Crippen LogP contribution in [0.1, 0.15) is 69.4 Å². The van der Waals surface area contributed by atoms with Gasteiger partial charge in [0.15, 0.2) is 0 Å². The second-order valence-corrected chi connectivity index (χ2v) is 13.0. The summed E-state index contributed by atoms with van der Waals surface area (Å²) >= 11 is 12.5. The van der Waals surface area contributed by atoms with Crippen LogP contribution in [0.3, 0.4) is 0 Å². The highest BCUT2D eigenvalue weighted by Crippen LogP contribution is 2.26. The van der Waals surface area contributed by atoms with Crippen molar-refractivity contribution in [2.45, 2.75) is 83.8 Å². The van der Waals surface area contributed by atoms with Crippen molar-refractivity contribution in [2.24, 2.45) is 0 Å². The standard InChI is InChI=1S/C29H39Cl2N3O4S/c1-4-26(29(36)32-24-12-6-5-7-13-24)33(20-22-16-17-23(30)19-25(22)31)28(35)15-10-18-34(39(3,37)38)27-14-9-8-11-21(27)2/h8-9,11,14,16-17,19,24,26H,4-7,10,12-13,15,18,20H2,1-3H3,(H,32,36)/t26-/m1/s1. The van der Waals surface area contributed by atoms with Crippen LogP contribution in [0.4, 0.5) is 5.69 Å². The van der Waals surface area contributed by atoms with Crippen LogP contribution in [-0.2, 0) is 26.2 Å². The molecule has 0 aromatic heterocycles. The number of aryl methyl sites for hydroxylation is 1. The SMILES string of the molecule is CC[C@H](C(=O)NC1CCCCC1)N(Cc1ccc(Cl)cc1Cl)C(=O)CCCN(c1ccccc1C)S(C)(=O)=O. The van der Waals surface area contributed by atoms with Crippen LogP contribution in [0.15, 0.2) is 42.5 Å². The van der Waals surface area contributed by atoms with Gasteiger partial charge in [-0.2, -0.15) is 0 Å². The number of nitrogens with one attached hydrogen (secondary N) is 1. The number of carbonyl (C=O) groups is 2. The van der Waals surface area contributed by atoms with E-state index in [4.69, 9.17) is 23.2 Å². The third-order valence-electron chi connectivity index (χ3n) is 7.23. The summed E-state index contributed by atoms with van der Waals surface area (Å²) < 4.78 is 26.5. The number of carbonyl (C=O) groups excluding carboxylic acids is 2. The second-order valence-electron chi connectivity index (χ2n) is 10.3. The first-order valence-electron chi connectivity index (χ1n) is 13.6. The molecule has 39 heavy (non-hydrogen) atoms. The topological polar surface area (TPSA) is 86.8 Å². The summed E-state index contributed by atoms with van der Waals surface area (Å²) in [6.07, 6.45) is 7.22. The van der Waals surface area contributed by atoms with Crippen LogP contribution < -0.4 is 9.62 Å². The number of rotatable bonds is 12. The van der Waals surface area contributed by atoms with Gasteiger partial charge in [-0.25, -0.2) is 8.42 Å². The molecule has 1 atom stereocenters. The molecule has 214 valence electrons. The molecule has 0 bridgehead atoms. The van der Waals surface area contributed by atoms with Gasteiger partial charge >= 0.3 is 0 Å². The van der Waals surface area contributed by atoms with E-state index in [0.29, 0.717) is 34.1 Å². The van der Waals surface area contributed by atoms with Gasteiger partial charge in [-0.05, 0) is 61.9 Å². The first kappa shape index (κ1) is 31.2. The van der Waals surface area contributed by atoms with Crippen molar-refractivity contribution >= 4 is 50.7 Å². The van der Waals surface area contributed by atoms with Crippen molar-refractivity contribution in [3.8, 4) is 0 Å². The van der Waals surface area contributed by atoms with Crippen molar-refractivity contribution in [2.75, 3.05) is 17.1 Å². The van der Waals surface area contributed by atoms with Gasteiger partial charge in [0, 0.05) is 35.6 Å². The van der Waals surface area contributed by atoms with Crippen LogP contribution in [-0.4, -0.2) is 50.0 Å². The van der Waals surface area contributed by atoms with Gasteiger partial charge in [0.25, 0.3) is 0 Å². The molecule has 0 unspecified atom stereocenters. The number of halogens is 2. The van der Waals surface area contributed by atoms with Crippen molar-refractivity contribution in [1.82, 2.24) is 10.2 Å². The summed E-state index contributed by atoms with van der Waals surface area (Å²) in [5, 5.41) is 4.07. The lowest BCUT2D eigenvalue weighted by Gasteiger charge is -2.33. The summed E-state index contributed by atoms with van der Waals surface area (Å²) in [5.41, 5.74) is 2.12. The Labute approximate surface area is 242 Å². The Morgan fingerprint density at radius 1 is 1.08 bits per heavy atom. The summed E-state index contributed by atoms with van der Waals surface area (Å²) in [7, 11) is -3.55. The third kappa shape index (κ3) is 8.85. The van der Waals surface area contributed by atoms with E-state index in [1.165, 1.54) is 17.0 Å². The number of para-hydroxylation sites is 1. The fourth-order valence-electron chi connectivity index (χ4n) is 5.12. The molecule has 0 heterocycles. The molecule has 0 radical (unpaired) electrons. The Bertz CT molecular complexity index is 1250. The van der Waals surface area contributed by atoms with Crippen molar-refractivity contribution in [3.05, 3.63) is 63.6 Å². The van der Waals surface area contributed by atoms with Crippen LogP contribution >= 0.6 is 23.2 Å². The minimum atomic E-state index is -3.55. The molecular formula is C29H39Cl2N3O4S. The van der Waals surface area contributed by atoms with Gasteiger partial charge in [0.1, 0.15) is 6.04 Å². The zero-order valence-electron chi connectivity index (χ0n) is 23.0. The zero-order chi connectivity index (χ0) is 28.6. The van der Waals surface area contributed by atoms with Crippen LogP contribution in [0.2, 0.25) is 10.0 Å². The Hall–Kier alpha value is -2.29. The first-order chi connectivity index (χ1) is 18.5. The molecule has 7 nitrogen and oxygen atoms in total. The first-order valence-corrected chi connectivity index (χ1v) is 16.2.